The number of aromatic nitrogens is 4. The number of nitrogens with zero attached hydrogens (tertiary/aromatic N) is 4. The molecule has 0 spiro atoms. The first-order valence-electron chi connectivity index (χ1n) is 10.7. The van der Waals surface area contributed by atoms with Crippen molar-refractivity contribution in [2.75, 3.05) is 0 Å². The number of hydrogen-bond donors (Lipinski definition) is 2. The first kappa shape index (κ1) is 32.6. The largest absolute Gasteiger partial charge is 0.491 e. The fourth-order valence-electron chi connectivity index (χ4n) is 2.31. The first-order chi connectivity index (χ1) is 15.6. The number of aryl methyl sites for hydroxylation is 2. The van der Waals surface area contributed by atoms with Crippen molar-refractivity contribution in [3.63, 3.8) is 0 Å². The first-order valence-corrected chi connectivity index (χ1v) is 11.5. The monoisotopic (exact) mass is 554 g/mol. The van der Waals surface area contributed by atoms with Gasteiger partial charge in [0, 0.05) is 43.1 Å². The zero-order valence-corrected chi connectivity index (χ0v) is 22.0. The van der Waals surface area contributed by atoms with Gasteiger partial charge in [-0.3, -0.25) is 9.59 Å². The molecule has 2 aromatic heterocycles. The second-order valence-electron chi connectivity index (χ2n) is 9.30. The standard InChI is InChI=1S/C11H17BN2O4.C11H15BrN2O2.CH4/c1-11(2,3)18-10(15)5-4-9-13-6-8(7-14-9)12(16)17;1-11(2,3)16-10(15)5-4-9-13-6-8(12)7-14-9;/h6-7,16-17H,4-5H2,1-3H3;6-7H,4-5H2,1-3H3;1H4. The van der Waals surface area contributed by atoms with Gasteiger partial charge in [0.2, 0.25) is 0 Å². The minimum Gasteiger partial charge on any atom is -0.460 e. The maximum Gasteiger partial charge on any atom is 0.491 e. The lowest BCUT2D eigenvalue weighted by Crippen LogP contribution is -2.31. The van der Waals surface area contributed by atoms with Crippen molar-refractivity contribution in [1.29, 1.82) is 0 Å². The molecule has 0 aliphatic rings. The quantitative estimate of drug-likeness (QED) is 0.386. The molecule has 2 rings (SSSR count). The summed E-state index contributed by atoms with van der Waals surface area (Å²) in [5.41, 5.74) is -0.712. The van der Waals surface area contributed by atoms with Crippen LogP contribution in [0.25, 0.3) is 0 Å². The van der Waals surface area contributed by atoms with E-state index in [-0.39, 0.29) is 31.2 Å². The lowest BCUT2D eigenvalue weighted by atomic mass is 9.83. The number of carbonyl (C=O) groups excluding carboxylic acids is 2. The maximum atomic E-state index is 11.4. The summed E-state index contributed by atoms with van der Waals surface area (Å²) in [4.78, 5) is 38.9. The van der Waals surface area contributed by atoms with Crippen LogP contribution in [-0.2, 0) is 31.9 Å². The highest BCUT2D eigenvalue weighted by molar-refractivity contribution is 9.10. The van der Waals surface area contributed by atoms with Crippen LogP contribution in [0.5, 0.6) is 0 Å². The van der Waals surface area contributed by atoms with Crippen molar-refractivity contribution in [3.8, 4) is 0 Å². The third-order valence-electron chi connectivity index (χ3n) is 3.64. The summed E-state index contributed by atoms with van der Waals surface area (Å²) in [6, 6.07) is 0. The van der Waals surface area contributed by atoms with Crippen LogP contribution in [0, 0.1) is 0 Å². The molecule has 0 bridgehead atoms. The smallest absolute Gasteiger partial charge is 0.460 e. The molecule has 2 N–H and O–H groups in total. The summed E-state index contributed by atoms with van der Waals surface area (Å²) in [7, 11) is -1.58. The van der Waals surface area contributed by atoms with Gasteiger partial charge in [0.15, 0.2) is 0 Å². The third kappa shape index (κ3) is 16.0. The van der Waals surface area contributed by atoms with Gasteiger partial charge in [-0.25, -0.2) is 19.9 Å². The Kier molecular flexibility index (Phi) is 13.8. The van der Waals surface area contributed by atoms with Crippen molar-refractivity contribution in [2.45, 2.75) is 85.9 Å². The Hall–Kier alpha value is -2.44. The summed E-state index contributed by atoms with van der Waals surface area (Å²) >= 11 is 3.25. The van der Waals surface area contributed by atoms with Crippen LogP contribution >= 0.6 is 15.9 Å². The molecule has 12 heteroatoms. The molecule has 0 atom stereocenters. The van der Waals surface area contributed by atoms with Crippen LogP contribution in [0.1, 0.15) is 73.5 Å². The van der Waals surface area contributed by atoms with Crippen LogP contribution in [0.3, 0.4) is 0 Å². The lowest BCUT2D eigenvalue weighted by molar-refractivity contribution is -0.155. The summed E-state index contributed by atoms with van der Waals surface area (Å²) in [5, 5.41) is 17.7. The van der Waals surface area contributed by atoms with Gasteiger partial charge in [-0.1, -0.05) is 7.43 Å². The highest BCUT2D eigenvalue weighted by atomic mass is 79.9. The minimum absolute atomic E-state index is 0. The van der Waals surface area contributed by atoms with E-state index >= 15 is 0 Å². The number of esters is 2. The SMILES string of the molecule is C.CC(C)(C)OC(=O)CCc1ncc(B(O)O)cn1.CC(C)(C)OC(=O)CCc1ncc(Br)cn1. The van der Waals surface area contributed by atoms with Gasteiger partial charge in [-0.15, -0.1) is 0 Å². The Morgan fingerprint density at radius 1 is 0.800 bits per heavy atom. The molecular formula is C23H36BBrN4O6. The van der Waals surface area contributed by atoms with E-state index in [2.05, 4.69) is 35.9 Å². The van der Waals surface area contributed by atoms with Gasteiger partial charge in [-0.2, -0.15) is 0 Å². The van der Waals surface area contributed by atoms with E-state index in [4.69, 9.17) is 19.5 Å². The Labute approximate surface area is 216 Å². The molecule has 0 radical (unpaired) electrons. The summed E-state index contributed by atoms with van der Waals surface area (Å²) < 4.78 is 11.2. The van der Waals surface area contributed by atoms with E-state index in [1.54, 1.807) is 33.2 Å². The van der Waals surface area contributed by atoms with Gasteiger partial charge < -0.3 is 19.5 Å². The molecule has 2 heterocycles. The van der Waals surface area contributed by atoms with Crippen molar-refractivity contribution in [2.24, 2.45) is 0 Å². The van der Waals surface area contributed by atoms with Gasteiger partial charge in [-0.05, 0) is 57.5 Å². The van der Waals surface area contributed by atoms with Crippen LogP contribution < -0.4 is 5.46 Å². The number of hydrogen-bond acceptors (Lipinski definition) is 10. The van der Waals surface area contributed by atoms with Gasteiger partial charge in [0.1, 0.15) is 22.9 Å². The second-order valence-corrected chi connectivity index (χ2v) is 10.2. The normalized spacial score (nSPS) is 10.9. The van der Waals surface area contributed by atoms with E-state index in [9.17, 15) is 9.59 Å². The average molecular weight is 555 g/mol. The Balaban J connectivity index is 0.000000646. The molecule has 0 saturated heterocycles. The Morgan fingerprint density at radius 3 is 1.46 bits per heavy atom. The summed E-state index contributed by atoms with van der Waals surface area (Å²) in [6.07, 6.45) is 7.33. The van der Waals surface area contributed by atoms with Crippen LogP contribution in [0.4, 0.5) is 0 Å². The molecule has 0 aliphatic carbocycles. The molecular weight excluding hydrogens is 519 g/mol. The Bertz CT molecular complexity index is 914. The van der Waals surface area contributed by atoms with E-state index in [1.165, 1.54) is 12.4 Å². The summed E-state index contributed by atoms with van der Waals surface area (Å²) in [6.45, 7) is 11.0. The lowest BCUT2D eigenvalue weighted by Gasteiger charge is -2.19. The third-order valence-corrected chi connectivity index (χ3v) is 4.05. The maximum absolute atomic E-state index is 11.4. The van der Waals surface area contributed by atoms with Crippen LogP contribution in [0.2, 0.25) is 0 Å². The highest BCUT2D eigenvalue weighted by Crippen LogP contribution is 2.11. The van der Waals surface area contributed by atoms with E-state index in [0.717, 1.165) is 4.47 Å². The fourth-order valence-corrected chi connectivity index (χ4v) is 2.51. The molecule has 194 valence electrons. The minimum atomic E-state index is -1.58. The molecule has 0 saturated carbocycles. The summed E-state index contributed by atoms with van der Waals surface area (Å²) in [5.74, 6) is 0.579. The second kappa shape index (κ2) is 14.8. The van der Waals surface area contributed by atoms with Crippen molar-refractivity contribution in [3.05, 3.63) is 40.9 Å². The average Bonchev–Trinajstić information content (AvgIpc) is 2.70. The molecule has 35 heavy (non-hydrogen) atoms. The predicted octanol–water partition coefficient (Wildman–Crippen LogP) is 2.58. The molecule has 2 aromatic rings. The Morgan fingerprint density at radius 2 is 1.14 bits per heavy atom. The van der Waals surface area contributed by atoms with E-state index < -0.39 is 18.3 Å². The van der Waals surface area contributed by atoms with E-state index in [1.807, 2.05) is 20.8 Å². The van der Waals surface area contributed by atoms with Gasteiger partial charge in [0.25, 0.3) is 0 Å². The number of ether oxygens (including phenoxy) is 2. The molecule has 0 aliphatic heterocycles. The number of rotatable bonds is 7. The van der Waals surface area contributed by atoms with Crippen LogP contribution in [0.15, 0.2) is 29.3 Å². The van der Waals surface area contributed by atoms with E-state index in [0.29, 0.717) is 30.9 Å². The highest BCUT2D eigenvalue weighted by Gasteiger charge is 2.17. The van der Waals surface area contributed by atoms with Crippen LogP contribution in [-0.4, -0.2) is 60.2 Å². The molecule has 10 nitrogen and oxygen atoms in total. The molecule has 0 unspecified atom stereocenters. The predicted molar refractivity (Wildman–Crippen MR) is 137 cm³/mol. The fraction of sp³-hybridized carbons (Fsp3) is 0.565. The van der Waals surface area contributed by atoms with Crippen molar-refractivity contribution >= 4 is 40.4 Å². The topological polar surface area (TPSA) is 145 Å². The van der Waals surface area contributed by atoms with Gasteiger partial charge in [0.05, 0.1) is 17.3 Å². The zero-order chi connectivity index (χ0) is 25.9. The van der Waals surface area contributed by atoms with Crippen molar-refractivity contribution in [1.82, 2.24) is 19.9 Å². The van der Waals surface area contributed by atoms with Crippen molar-refractivity contribution < 1.29 is 29.1 Å². The molecule has 0 amide bonds. The number of carbonyl (C=O) groups is 2. The molecule has 0 fully saturated rings. The number of halogens is 1. The van der Waals surface area contributed by atoms with Gasteiger partial charge >= 0.3 is 19.1 Å². The molecule has 0 aromatic carbocycles. The zero-order valence-electron chi connectivity index (χ0n) is 20.4.